The van der Waals surface area contributed by atoms with Gasteiger partial charge in [-0.05, 0) is 35.9 Å². The van der Waals surface area contributed by atoms with Crippen LogP contribution in [0, 0.1) is 0 Å². The number of anilines is 1. The first-order valence-corrected chi connectivity index (χ1v) is 9.01. The van der Waals surface area contributed by atoms with E-state index >= 15 is 0 Å². The molecule has 0 bridgehead atoms. The van der Waals surface area contributed by atoms with Crippen molar-refractivity contribution in [2.45, 2.75) is 6.61 Å². The van der Waals surface area contributed by atoms with Crippen molar-refractivity contribution in [1.82, 2.24) is 0 Å². The van der Waals surface area contributed by atoms with Crippen LogP contribution in [0.1, 0.15) is 5.56 Å². The second-order valence-electron chi connectivity index (χ2n) is 5.68. The molecule has 4 nitrogen and oxygen atoms in total. The Labute approximate surface area is 167 Å². The molecule has 0 saturated heterocycles. The molecular formula is C21H17Cl2NO3. The topological polar surface area (TPSA) is 47.6 Å². The zero-order valence-electron chi connectivity index (χ0n) is 14.3. The molecule has 1 amide bonds. The number of amides is 1. The summed E-state index contributed by atoms with van der Waals surface area (Å²) in [6.07, 6.45) is 0. The number of halogens is 2. The Kier molecular flexibility index (Phi) is 6.58. The van der Waals surface area contributed by atoms with Crippen LogP contribution in [0.2, 0.25) is 10.0 Å². The van der Waals surface area contributed by atoms with Crippen LogP contribution in [-0.2, 0) is 11.4 Å². The van der Waals surface area contributed by atoms with Gasteiger partial charge in [-0.2, -0.15) is 0 Å². The summed E-state index contributed by atoms with van der Waals surface area (Å²) in [6.45, 7) is 0.221. The summed E-state index contributed by atoms with van der Waals surface area (Å²) in [7, 11) is 0. The molecule has 0 aliphatic carbocycles. The molecule has 0 aliphatic heterocycles. The van der Waals surface area contributed by atoms with Gasteiger partial charge < -0.3 is 14.8 Å². The van der Waals surface area contributed by atoms with E-state index in [1.54, 1.807) is 30.3 Å². The summed E-state index contributed by atoms with van der Waals surface area (Å²) in [5, 5.41) is 3.64. The Hall–Kier alpha value is -2.69. The van der Waals surface area contributed by atoms with Crippen molar-refractivity contribution >= 4 is 34.8 Å². The average Bonchev–Trinajstić information content (AvgIpc) is 2.67. The first-order chi connectivity index (χ1) is 13.1. The maximum absolute atomic E-state index is 12.2. The highest BCUT2D eigenvalue weighted by molar-refractivity contribution is 6.35. The first kappa shape index (κ1) is 19.1. The quantitative estimate of drug-likeness (QED) is 0.561. The van der Waals surface area contributed by atoms with Gasteiger partial charge in [-0.15, -0.1) is 0 Å². The number of para-hydroxylation sites is 2. The first-order valence-electron chi connectivity index (χ1n) is 8.25. The second-order valence-corrected chi connectivity index (χ2v) is 6.53. The van der Waals surface area contributed by atoms with Gasteiger partial charge in [0.05, 0.1) is 10.7 Å². The van der Waals surface area contributed by atoms with E-state index in [1.807, 2.05) is 42.5 Å². The van der Waals surface area contributed by atoms with Gasteiger partial charge >= 0.3 is 0 Å². The van der Waals surface area contributed by atoms with Crippen molar-refractivity contribution in [2.75, 3.05) is 11.9 Å². The Morgan fingerprint density at radius 1 is 0.852 bits per heavy atom. The fourth-order valence-corrected chi connectivity index (χ4v) is 2.82. The third kappa shape index (κ3) is 5.64. The number of carbonyl (C=O) groups is 1. The van der Waals surface area contributed by atoms with Crippen LogP contribution in [0.15, 0.2) is 72.8 Å². The lowest BCUT2D eigenvalue weighted by Crippen LogP contribution is -2.20. The third-order valence-electron chi connectivity index (χ3n) is 3.65. The Bertz CT molecular complexity index is 916. The number of hydrogen-bond donors (Lipinski definition) is 1. The molecule has 27 heavy (non-hydrogen) atoms. The second kappa shape index (κ2) is 9.31. The molecule has 6 heteroatoms. The number of rotatable bonds is 7. The van der Waals surface area contributed by atoms with Crippen molar-refractivity contribution in [3.63, 3.8) is 0 Å². The molecule has 138 valence electrons. The number of carbonyl (C=O) groups excluding carboxylic acids is 1. The minimum absolute atomic E-state index is 0.186. The Balaban J connectivity index is 1.59. The summed E-state index contributed by atoms with van der Waals surface area (Å²) in [5.41, 5.74) is 1.61. The number of benzene rings is 3. The molecule has 0 radical (unpaired) electrons. The minimum Gasteiger partial charge on any atom is -0.487 e. The van der Waals surface area contributed by atoms with E-state index < -0.39 is 0 Å². The Morgan fingerprint density at radius 3 is 2.37 bits per heavy atom. The van der Waals surface area contributed by atoms with E-state index in [1.165, 1.54) is 0 Å². The average molecular weight is 402 g/mol. The summed E-state index contributed by atoms with van der Waals surface area (Å²) in [4.78, 5) is 12.2. The van der Waals surface area contributed by atoms with Gasteiger partial charge in [-0.25, -0.2) is 0 Å². The van der Waals surface area contributed by atoms with Gasteiger partial charge in [0.15, 0.2) is 6.61 Å². The number of hydrogen-bond acceptors (Lipinski definition) is 3. The van der Waals surface area contributed by atoms with Crippen LogP contribution in [0.25, 0.3) is 0 Å². The van der Waals surface area contributed by atoms with E-state index in [0.29, 0.717) is 33.8 Å². The van der Waals surface area contributed by atoms with Gasteiger partial charge in [0.2, 0.25) is 0 Å². The SMILES string of the molecule is O=C(COc1ccc(Cl)cc1Cl)Nc1ccccc1OCc1ccccc1. The van der Waals surface area contributed by atoms with Crippen LogP contribution >= 0.6 is 23.2 Å². The van der Waals surface area contributed by atoms with Crippen molar-refractivity contribution in [3.05, 3.63) is 88.4 Å². The molecule has 3 aromatic carbocycles. The molecule has 0 spiro atoms. The van der Waals surface area contributed by atoms with Gasteiger partial charge in [-0.1, -0.05) is 65.7 Å². The maximum atomic E-state index is 12.2. The fraction of sp³-hybridized carbons (Fsp3) is 0.0952. The highest BCUT2D eigenvalue weighted by Gasteiger charge is 2.10. The van der Waals surface area contributed by atoms with Crippen molar-refractivity contribution < 1.29 is 14.3 Å². The summed E-state index contributed by atoms with van der Waals surface area (Å²) >= 11 is 11.9. The molecule has 0 aromatic heterocycles. The van der Waals surface area contributed by atoms with Gasteiger partial charge in [-0.3, -0.25) is 4.79 Å². The lowest BCUT2D eigenvalue weighted by molar-refractivity contribution is -0.118. The highest BCUT2D eigenvalue weighted by Crippen LogP contribution is 2.28. The lowest BCUT2D eigenvalue weighted by atomic mass is 10.2. The molecule has 1 N–H and O–H groups in total. The van der Waals surface area contributed by atoms with Crippen LogP contribution in [0.4, 0.5) is 5.69 Å². The van der Waals surface area contributed by atoms with E-state index in [-0.39, 0.29) is 12.5 Å². The third-order valence-corrected chi connectivity index (χ3v) is 4.18. The van der Waals surface area contributed by atoms with Gasteiger partial charge in [0.1, 0.15) is 18.1 Å². The highest BCUT2D eigenvalue weighted by atomic mass is 35.5. The smallest absolute Gasteiger partial charge is 0.262 e. The van der Waals surface area contributed by atoms with E-state index in [9.17, 15) is 4.79 Å². The molecule has 0 fully saturated rings. The van der Waals surface area contributed by atoms with Crippen LogP contribution in [0.3, 0.4) is 0 Å². The molecular weight excluding hydrogens is 385 g/mol. The molecule has 0 saturated carbocycles. The lowest BCUT2D eigenvalue weighted by Gasteiger charge is -2.13. The van der Waals surface area contributed by atoms with Crippen molar-refractivity contribution in [1.29, 1.82) is 0 Å². The van der Waals surface area contributed by atoms with Crippen molar-refractivity contribution in [3.8, 4) is 11.5 Å². The van der Waals surface area contributed by atoms with Crippen LogP contribution in [0.5, 0.6) is 11.5 Å². The summed E-state index contributed by atoms with van der Waals surface area (Å²) in [5.74, 6) is 0.654. The normalized spacial score (nSPS) is 10.3. The minimum atomic E-state index is -0.322. The van der Waals surface area contributed by atoms with Crippen molar-refractivity contribution in [2.24, 2.45) is 0 Å². The summed E-state index contributed by atoms with van der Waals surface area (Å²) < 4.78 is 11.3. The van der Waals surface area contributed by atoms with Crippen LogP contribution < -0.4 is 14.8 Å². The van der Waals surface area contributed by atoms with Gasteiger partial charge in [0.25, 0.3) is 5.91 Å². The monoisotopic (exact) mass is 401 g/mol. The predicted molar refractivity (Wildman–Crippen MR) is 108 cm³/mol. The van der Waals surface area contributed by atoms with E-state index in [2.05, 4.69) is 5.32 Å². The van der Waals surface area contributed by atoms with Gasteiger partial charge in [0, 0.05) is 5.02 Å². The zero-order chi connectivity index (χ0) is 19.1. The zero-order valence-corrected chi connectivity index (χ0v) is 15.8. The standard InChI is InChI=1S/C21H17Cl2NO3/c22-16-10-11-19(17(23)12-16)27-14-21(25)24-18-8-4-5-9-20(18)26-13-15-6-2-1-3-7-15/h1-12H,13-14H2,(H,24,25). The molecule has 3 rings (SSSR count). The van der Waals surface area contributed by atoms with Crippen LogP contribution in [-0.4, -0.2) is 12.5 Å². The molecule has 0 unspecified atom stereocenters. The van der Waals surface area contributed by atoms with E-state index in [0.717, 1.165) is 5.56 Å². The maximum Gasteiger partial charge on any atom is 0.262 e. The summed E-state index contributed by atoms with van der Waals surface area (Å²) in [6, 6.07) is 21.9. The van der Waals surface area contributed by atoms with E-state index in [4.69, 9.17) is 32.7 Å². The predicted octanol–water partition coefficient (Wildman–Crippen LogP) is 5.59. The number of ether oxygens (including phenoxy) is 2. The molecule has 0 heterocycles. The molecule has 0 aliphatic rings. The number of nitrogens with one attached hydrogen (secondary N) is 1. The molecule has 3 aromatic rings. The molecule has 0 atom stereocenters. The fourth-order valence-electron chi connectivity index (χ4n) is 2.35. The largest absolute Gasteiger partial charge is 0.487 e. The Morgan fingerprint density at radius 2 is 1.59 bits per heavy atom.